The van der Waals surface area contributed by atoms with Crippen molar-refractivity contribution in [2.75, 3.05) is 6.61 Å². The molecule has 0 fully saturated rings. The Kier molecular flexibility index (Phi) is 2.93. The molecule has 2 rings (SSSR count). The van der Waals surface area contributed by atoms with Crippen molar-refractivity contribution < 1.29 is 9.53 Å². The van der Waals surface area contributed by atoms with Crippen LogP contribution in [0.25, 0.3) is 10.9 Å². The van der Waals surface area contributed by atoms with Gasteiger partial charge in [-0.15, -0.1) is 0 Å². The van der Waals surface area contributed by atoms with E-state index in [9.17, 15) is 4.79 Å². The number of fused-ring (bicyclic) bond motifs is 1. The Morgan fingerprint density at radius 1 is 1.27 bits per heavy atom. The van der Waals surface area contributed by atoms with Gasteiger partial charge in [-0.1, -0.05) is 24.3 Å². The first kappa shape index (κ1) is 9.65. The van der Waals surface area contributed by atoms with Crippen molar-refractivity contribution in [3.63, 3.8) is 0 Å². The van der Waals surface area contributed by atoms with E-state index >= 15 is 0 Å². The fourth-order valence-electron chi connectivity index (χ4n) is 1.59. The Hall–Kier alpha value is -1.90. The van der Waals surface area contributed by atoms with Crippen molar-refractivity contribution in [2.24, 2.45) is 0 Å². The molecule has 0 N–H and O–H groups in total. The largest absolute Gasteiger partial charge is 0.468 e. The molecule has 3 heteroatoms. The molecule has 0 atom stereocenters. The van der Waals surface area contributed by atoms with Gasteiger partial charge in [-0.05, 0) is 11.6 Å². The molecule has 0 aliphatic carbocycles. The van der Waals surface area contributed by atoms with E-state index in [1.807, 2.05) is 30.3 Å². The molecule has 0 saturated carbocycles. The van der Waals surface area contributed by atoms with Crippen LogP contribution in [0.3, 0.4) is 0 Å². The molecule has 0 amide bonds. The van der Waals surface area contributed by atoms with Crippen LogP contribution in [0.5, 0.6) is 0 Å². The molecule has 0 bridgehead atoms. The number of rotatable bonds is 4. The third-order valence-corrected chi connectivity index (χ3v) is 2.27. The number of ether oxygens (including phenoxy) is 1. The van der Waals surface area contributed by atoms with Crippen molar-refractivity contribution in [2.45, 2.75) is 6.42 Å². The predicted octanol–water partition coefficient (Wildman–Crippen LogP) is 1.95. The molecule has 0 aliphatic rings. The van der Waals surface area contributed by atoms with Gasteiger partial charge in [0.05, 0.1) is 12.1 Å². The summed E-state index contributed by atoms with van der Waals surface area (Å²) in [6.07, 6.45) is 2.47. The third-order valence-electron chi connectivity index (χ3n) is 2.27. The van der Waals surface area contributed by atoms with Gasteiger partial charge in [0.1, 0.15) is 0 Å². The normalized spacial score (nSPS) is 10.1. The number of carbonyl (C=O) groups excluding carboxylic acids is 1. The average molecular weight is 201 g/mol. The summed E-state index contributed by atoms with van der Waals surface area (Å²) >= 11 is 0. The Morgan fingerprint density at radius 3 is 3.00 bits per heavy atom. The maximum Gasteiger partial charge on any atom is 0.293 e. The van der Waals surface area contributed by atoms with Crippen molar-refractivity contribution >= 4 is 17.4 Å². The lowest BCUT2D eigenvalue weighted by atomic mass is 10.1. The zero-order valence-electron chi connectivity index (χ0n) is 8.22. The maximum absolute atomic E-state index is 10.0. The van der Waals surface area contributed by atoms with Gasteiger partial charge in [-0.25, -0.2) is 0 Å². The van der Waals surface area contributed by atoms with E-state index in [-0.39, 0.29) is 0 Å². The quantitative estimate of drug-likeness (QED) is 0.560. The Balaban J connectivity index is 2.30. The second-order valence-corrected chi connectivity index (χ2v) is 3.21. The molecule has 15 heavy (non-hydrogen) atoms. The topological polar surface area (TPSA) is 39.2 Å². The summed E-state index contributed by atoms with van der Waals surface area (Å²) in [5.41, 5.74) is 2.09. The fourth-order valence-corrected chi connectivity index (χ4v) is 1.59. The number of benzene rings is 1. The molecular weight excluding hydrogens is 190 g/mol. The van der Waals surface area contributed by atoms with Crippen LogP contribution < -0.4 is 0 Å². The number of aromatic nitrogens is 1. The SMILES string of the molecule is O=COCCc1cccc2cccnc12. The summed E-state index contributed by atoms with van der Waals surface area (Å²) in [4.78, 5) is 14.3. The van der Waals surface area contributed by atoms with Crippen LogP contribution in [-0.2, 0) is 16.0 Å². The number of nitrogens with zero attached hydrogens (tertiary/aromatic N) is 1. The summed E-state index contributed by atoms with van der Waals surface area (Å²) in [6, 6.07) is 9.94. The van der Waals surface area contributed by atoms with E-state index in [1.54, 1.807) is 6.20 Å². The summed E-state index contributed by atoms with van der Waals surface area (Å²) in [5, 5.41) is 1.11. The van der Waals surface area contributed by atoms with Crippen LogP contribution in [-0.4, -0.2) is 18.1 Å². The zero-order valence-corrected chi connectivity index (χ0v) is 8.22. The van der Waals surface area contributed by atoms with Crippen molar-refractivity contribution in [1.82, 2.24) is 4.98 Å². The second-order valence-electron chi connectivity index (χ2n) is 3.21. The second kappa shape index (κ2) is 4.55. The minimum absolute atomic E-state index is 0.402. The molecule has 2 aromatic rings. The van der Waals surface area contributed by atoms with Gasteiger partial charge in [0.25, 0.3) is 6.47 Å². The van der Waals surface area contributed by atoms with Crippen molar-refractivity contribution in [3.05, 3.63) is 42.1 Å². The number of carbonyl (C=O) groups is 1. The van der Waals surface area contributed by atoms with Crippen molar-refractivity contribution in [3.8, 4) is 0 Å². The molecule has 0 spiro atoms. The van der Waals surface area contributed by atoms with E-state index in [0.29, 0.717) is 19.5 Å². The Morgan fingerprint density at radius 2 is 2.13 bits per heavy atom. The Labute approximate surface area is 87.7 Å². The molecule has 1 aromatic heterocycles. The first-order chi connectivity index (χ1) is 7.42. The summed E-state index contributed by atoms with van der Waals surface area (Å²) < 4.78 is 4.68. The highest BCUT2D eigenvalue weighted by molar-refractivity contribution is 5.81. The molecule has 0 unspecified atom stereocenters. The Bertz CT molecular complexity index is 463. The van der Waals surface area contributed by atoms with E-state index in [4.69, 9.17) is 0 Å². The number of para-hydroxylation sites is 1. The van der Waals surface area contributed by atoms with Gasteiger partial charge in [0, 0.05) is 18.0 Å². The monoisotopic (exact) mass is 201 g/mol. The van der Waals surface area contributed by atoms with Crippen LogP contribution >= 0.6 is 0 Å². The molecular formula is C12H11NO2. The van der Waals surface area contributed by atoms with Crippen molar-refractivity contribution in [1.29, 1.82) is 0 Å². The molecule has 1 heterocycles. The molecule has 0 aliphatic heterocycles. The molecule has 0 saturated heterocycles. The van der Waals surface area contributed by atoms with Gasteiger partial charge in [-0.3, -0.25) is 9.78 Å². The smallest absolute Gasteiger partial charge is 0.293 e. The highest BCUT2D eigenvalue weighted by atomic mass is 16.5. The first-order valence-corrected chi connectivity index (χ1v) is 4.79. The highest BCUT2D eigenvalue weighted by Crippen LogP contribution is 2.16. The molecule has 76 valence electrons. The average Bonchev–Trinajstić information content (AvgIpc) is 2.30. The third kappa shape index (κ3) is 2.13. The summed E-state index contributed by atoms with van der Waals surface area (Å²) in [7, 11) is 0. The van der Waals surface area contributed by atoms with Gasteiger partial charge in [0.2, 0.25) is 0 Å². The number of hydrogen-bond acceptors (Lipinski definition) is 3. The lowest BCUT2D eigenvalue weighted by Crippen LogP contribution is -1.98. The van der Waals surface area contributed by atoms with Crippen LogP contribution in [0, 0.1) is 0 Å². The standard InChI is InChI=1S/C12H11NO2/c14-9-15-8-6-11-4-1-3-10-5-2-7-13-12(10)11/h1-5,7,9H,6,8H2. The van der Waals surface area contributed by atoms with E-state index < -0.39 is 0 Å². The number of pyridine rings is 1. The van der Waals surface area contributed by atoms with E-state index in [0.717, 1.165) is 16.5 Å². The predicted molar refractivity (Wildman–Crippen MR) is 57.5 cm³/mol. The zero-order chi connectivity index (χ0) is 10.5. The molecule has 0 radical (unpaired) electrons. The summed E-state index contributed by atoms with van der Waals surface area (Å²) in [5.74, 6) is 0. The van der Waals surface area contributed by atoms with Gasteiger partial charge < -0.3 is 4.74 Å². The lowest BCUT2D eigenvalue weighted by Gasteiger charge is -2.04. The summed E-state index contributed by atoms with van der Waals surface area (Å²) in [6.45, 7) is 0.873. The maximum atomic E-state index is 10.0. The van der Waals surface area contributed by atoms with E-state index in [1.165, 1.54) is 0 Å². The van der Waals surface area contributed by atoms with E-state index in [2.05, 4.69) is 9.72 Å². The van der Waals surface area contributed by atoms with Crippen LogP contribution in [0.15, 0.2) is 36.5 Å². The van der Waals surface area contributed by atoms with Crippen LogP contribution in [0.4, 0.5) is 0 Å². The van der Waals surface area contributed by atoms with Gasteiger partial charge >= 0.3 is 0 Å². The van der Waals surface area contributed by atoms with Crippen LogP contribution in [0.2, 0.25) is 0 Å². The number of hydrogen-bond donors (Lipinski definition) is 0. The lowest BCUT2D eigenvalue weighted by molar-refractivity contribution is -0.128. The molecule has 3 nitrogen and oxygen atoms in total. The minimum Gasteiger partial charge on any atom is -0.468 e. The fraction of sp³-hybridized carbons (Fsp3) is 0.167. The van der Waals surface area contributed by atoms with Gasteiger partial charge in [0.15, 0.2) is 0 Å². The van der Waals surface area contributed by atoms with Gasteiger partial charge in [-0.2, -0.15) is 0 Å². The highest BCUT2D eigenvalue weighted by Gasteiger charge is 2.00. The first-order valence-electron chi connectivity index (χ1n) is 4.79. The molecule has 1 aromatic carbocycles. The minimum atomic E-state index is 0.402. The van der Waals surface area contributed by atoms with Crippen LogP contribution in [0.1, 0.15) is 5.56 Å².